The standard InChI is InChI=1S/C19H25N5O2/c1-12(2)7-14(10-26-4)22-19-23-17(18(25)24(19)3)9-13-5-6-15-16(8-13)21-11-20-15/h5-6,8-9,11-12,14H,7,10H2,1-4H3,(H,20,21)(H,22,23)/b17-9-. The minimum absolute atomic E-state index is 0.105. The number of hydrogen-bond donors (Lipinski definition) is 2. The largest absolute Gasteiger partial charge is 0.383 e. The molecule has 1 aromatic heterocycles. The molecule has 1 amide bonds. The van der Waals surface area contributed by atoms with Crippen molar-refractivity contribution in [1.82, 2.24) is 20.2 Å². The van der Waals surface area contributed by atoms with E-state index in [2.05, 4.69) is 34.1 Å². The monoisotopic (exact) mass is 355 g/mol. The number of benzene rings is 1. The number of hydrogen-bond acceptors (Lipinski definition) is 5. The van der Waals surface area contributed by atoms with Gasteiger partial charge in [-0.25, -0.2) is 9.98 Å². The molecule has 0 fully saturated rings. The van der Waals surface area contributed by atoms with Crippen molar-refractivity contribution in [1.29, 1.82) is 0 Å². The third kappa shape index (κ3) is 3.94. The summed E-state index contributed by atoms with van der Waals surface area (Å²) in [6, 6.07) is 5.92. The fourth-order valence-corrected chi connectivity index (χ4v) is 3.05. The lowest BCUT2D eigenvalue weighted by molar-refractivity contribution is -0.121. The Labute approximate surface area is 153 Å². The molecule has 0 aliphatic carbocycles. The van der Waals surface area contributed by atoms with Gasteiger partial charge in [-0.15, -0.1) is 0 Å². The van der Waals surface area contributed by atoms with Crippen LogP contribution in [0.5, 0.6) is 0 Å². The highest BCUT2D eigenvalue weighted by molar-refractivity contribution is 6.13. The number of imidazole rings is 1. The zero-order valence-electron chi connectivity index (χ0n) is 15.6. The van der Waals surface area contributed by atoms with Gasteiger partial charge in [0.15, 0.2) is 0 Å². The predicted octanol–water partition coefficient (Wildman–Crippen LogP) is 2.38. The number of aromatic amines is 1. The summed E-state index contributed by atoms with van der Waals surface area (Å²) in [4.78, 5) is 25.9. The van der Waals surface area contributed by atoms with E-state index in [1.165, 1.54) is 0 Å². The molecule has 2 N–H and O–H groups in total. The van der Waals surface area contributed by atoms with Crippen molar-refractivity contribution in [2.75, 3.05) is 20.8 Å². The normalized spacial score (nSPS) is 17.4. The van der Waals surface area contributed by atoms with E-state index < -0.39 is 0 Å². The summed E-state index contributed by atoms with van der Waals surface area (Å²) >= 11 is 0. The molecule has 0 saturated carbocycles. The highest BCUT2D eigenvalue weighted by atomic mass is 16.5. The molecule has 3 rings (SSSR count). The maximum atomic E-state index is 12.5. The van der Waals surface area contributed by atoms with Gasteiger partial charge in [0.2, 0.25) is 5.96 Å². The number of H-pyrrole nitrogens is 1. The van der Waals surface area contributed by atoms with Crippen molar-refractivity contribution in [2.24, 2.45) is 10.9 Å². The molecule has 0 spiro atoms. The number of likely N-dealkylation sites (N-methyl/N-ethyl adjacent to an activating group) is 1. The maximum Gasteiger partial charge on any atom is 0.279 e. The molecule has 1 atom stereocenters. The number of aliphatic imine (C=N–C) groups is 1. The van der Waals surface area contributed by atoms with Crippen LogP contribution in [-0.4, -0.2) is 53.5 Å². The second-order valence-electron chi connectivity index (χ2n) is 6.93. The van der Waals surface area contributed by atoms with Gasteiger partial charge in [0.1, 0.15) is 5.70 Å². The minimum atomic E-state index is -0.129. The Morgan fingerprint density at radius 1 is 1.38 bits per heavy atom. The van der Waals surface area contributed by atoms with Gasteiger partial charge in [-0.2, -0.15) is 0 Å². The van der Waals surface area contributed by atoms with Crippen LogP contribution in [0.2, 0.25) is 0 Å². The quantitative estimate of drug-likeness (QED) is 0.780. The lowest BCUT2D eigenvalue weighted by Crippen LogP contribution is -2.45. The Balaban J connectivity index is 1.82. The molecule has 7 heteroatoms. The smallest absolute Gasteiger partial charge is 0.279 e. The van der Waals surface area contributed by atoms with E-state index in [1.54, 1.807) is 31.5 Å². The van der Waals surface area contributed by atoms with Gasteiger partial charge in [-0.05, 0) is 36.1 Å². The average Bonchev–Trinajstić information content (AvgIpc) is 3.15. The molecule has 0 bridgehead atoms. The first-order valence-electron chi connectivity index (χ1n) is 8.75. The molecule has 1 unspecified atom stereocenters. The first-order valence-corrected chi connectivity index (χ1v) is 8.75. The minimum Gasteiger partial charge on any atom is -0.383 e. The number of aromatic nitrogens is 2. The summed E-state index contributed by atoms with van der Waals surface area (Å²) in [6.45, 7) is 4.88. The number of nitrogens with zero attached hydrogens (tertiary/aromatic N) is 3. The average molecular weight is 355 g/mol. The second kappa shape index (κ2) is 7.70. The van der Waals surface area contributed by atoms with Gasteiger partial charge >= 0.3 is 0 Å². The molecule has 1 aromatic carbocycles. The highest BCUT2D eigenvalue weighted by Crippen LogP contribution is 2.19. The maximum absolute atomic E-state index is 12.5. The molecule has 2 aromatic rings. The van der Waals surface area contributed by atoms with E-state index in [4.69, 9.17) is 4.74 Å². The van der Waals surface area contributed by atoms with Crippen LogP contribution < -0.4 is 5.32 Å². The molecule has 1 aliphatic heterocycles. The van der Waals surface area contributed by atoms with Crippen molar-refractivity contribution in [2.45, 2.75) is 26.3 Å². The van der Waals surface area contributed by atoms with Crippen molar-refractivity contribution in [3.63, 3.8) is 0 Å². The number of fused-ring (bicyclic) bond motifs is 1. The molecular weight excluding hydrogens is 330 g/mol. The van der Waals surface area contributed by atoms with Crippen LogP contribution in [-0.2, 0) is 9.53 Å². The van der Waals surface area contributed by atoms with Gasteiger partial charge in [0.05, 0.1) is 30.0 Å². The molecule has 2 heterocycles. The van der Waals surface area contributed by atoms with Crippen LogP contribution in [0.15, 0.2) is 35.2 Å². The van der Waals surface area contributed by atoms with E-state index in [0.29, 0.717) is 24.2 Å². The number of carbonyl (C=O) groups excluding carboxylic acids is 1. The summed E-state index contributed by atoms with van der Waals surface area (Å²) in [6.07, 6.45) is 4.38. The summed E-state index contributed by atoms with van der Waals surface area (Å²) in [5.41, 5.74) is 3.12. The van der Waals surface area contributed by atoms with Gasteiger partial charge in [0, 0.05) is 14.2 Å². The molecule has 26 heavy (non-hydrogen) atoms. The van der Waals surface area contributed by atoms with Gasteiger partial charge in [-0.3, -0.25) is 9.69 Å². The van der Waals surface area contributed by atoms with Crippen LogP contribution in [0.4, 0.5) is 0 Å². The zero-order chi connectivity index (χ0) is 18.7. The van der Waals surface area contributed by atoms with Gasteiger partial charge in [-0.1, -0.05) is 19.9 Å². The van der Waals surface area contributed by atoms with E-state index in [0.717, 1.165) is 23.0 Å². The van der Waals surface area contributed by atoms with Crippen LogP contribution >= 0.6 is 0 Å². The number of guanidine groups is 1. The Kier molecular flexibility index (Phi) is 5.37. The van der Waals surface area contributed by atoms with Gasteiger partial charge in [0.25, 0.3) is 5.91 Å². The molecule has 7 nitrogen and oxygen atoms in total. The zero-order valence-corrected chi connectivity index (χ0v) is 15.6. The number of methoxy groups -OCH3 is 1. The van der Waals surface area contributed by atoms with E-state index in [1.807, 2.05) is 18.2 Å². The number of rotatable bonds is 6. The van der Waals surface area contributed by atoms with E-state index in [-0.39, 0.29) is 11.9 Å². The Bertz CT molecular complexity index is 852. The number of ether oxygens (including phenoxy) is 1. The van der Waals surface area contributed by atoms with Crippen molar-refractivity contribution >= 4 is 29.0 Å². The molecule has 0 saturated heterocycles. The first-order chi connectivity index (χ1) is 12.5. The second-order valence-corrected chi connectivity index (χ2v) is 6.93. The molecule has 0 radical (unpaired) electrons. The summed E-state index contributed by atoms with van der Waals surface area (Å²) in [5.74, 6) is 0.946. The Morgan fingerprint density at radius 3 is 2.92 bits per heavy atom. The SMILES string of the molecule is COCC(CC(C)C)NC1=N/C(=C\c2ccc3[nH]cnc3c2)C(=O)N1C. The molecule has 1 aliphatic rings. The Morgan fingerprint density at radius 2 is 2.19 bits per heavy atom. The summed E-state index contributed by atoms with van der Waals surface area (Å²) in [5, 5.41) is 3.34. The lowest BCUT2D eigenvalue weighted by Gasteiger charge is -2.23. The first kappa shape index (κ1) is 18.1. The third-order valence-electron chi connectivity index (χ3n) is 4.27. The summed E-state index contributed by atoms with van der Waals surface area (Å²) in [7, 11) is 3.40. The Hall–Kier alpha value is -2.67. The van der Waals surface area contributed by atoms with Gasteiger partial charge < -0.3 is 15.0 Å². The number of amides is 1. The topological polar surface area (TPSA) is 82.6 Å². The van der Waals surface area contributed by atoms with Crippen LogP contribution in [0, 0.1) is 5.92 Å². The fourth-order valence-electron chi connectivity index (χ4n) is 3.05. The fraction of sp³-hybridized carbons (Fsp3) is 0.421. The van der Waals surface area contributed by atoms with E-state index >= 15 is 0 Å². The van der Waals surface area contributed by atoms with Crippen molar-refractivity contribution in [3.05, 3.63) is 35.8 Å². The van der Waals surface area contributed by atoms with Crippen LogP contribution in [0.3, 0.4) is 0 Å². The summed E-state index contributed by atoms with van der Waals surface area (Å²) < 4.78 is 5.29. The van der Waals surface area contributed by atoms with Crippen molar-refractivity contribution in [3.8, 4) is 0 Å². The van der Waals surface area contributed by atoms with Crippen LogP contribution in [0.1, 0.15) is 25.8 Å². The highest BCUT2D eigenvalue weighted by Gasteiger charge is 2.28. The molecular formula is C19H25N5O2. The van der Waals surface area contributed by atoms with Crippen LogP contribution in [0.25, 0.3) is 17.1 Å². The number of carbonyl (C=O) groups is 1. The van der Waals surface area contributed by atoms with Crippen molar-refractivity contribution < 1.29 is 9.53 Å². The molecule has 138 valence electrons. The van der Waals surface area contributed by atoms with E-state index in [9.17, 15) is 4.79 Å². The predicted molar refractivity (Wildman–Crippen MR) is 103 cm³/mol. The lowest BCUT2D eigenvalue weighted by atomic mass is 10.0. The third-order valence-corrected chi connectivity index (χ3v) is 4.27. The number of nitrogens with one attached hydrogen (secondary N) is 2.